The third kappa shape index (κ3) is 5.68. The number of hydrogen-bond acceptors (Lipinski definition) is 2. The van der Waals surface area contributed by atoms with Crippen molar-refractivity contribution in [3.63, 3.8) is 0 Å². The first kappa shape index (κ1) is 14.9. The Morgan fingerprint density at radius 1 is 1.44 bits per heavy atom. The lowest BCUT2D eigenvalue weighted by molar-refractivity contribution is -0.121. The molecule has 5 heteroatoms. The van der Waals surface area contributed by atoms with Crippen molar-refractivity contribution in [3.05, 3.63) is 35.6 Å². The minimum Gasteiger partial charge on any atom is -0.352 e. The van der Waals surface area contributed by atoms with Gasteiger partial charge in [-0.1, -0.05) is 12.1 Å². The summed E-state index contributed by atoms with van der Waals surface area (Å²) in [6.07, 6.45) is 0.436. The molecule has 3 nitrogen and oxygen atoms in total. The van der Waals surface area contributed by atoms with Crippen LogP contribution in [0.5, 0.6) is 0 Å². The van der Waals surface area contributed by atoms with Gasteiger partial charge in [-0.15, -0.1) is 12.4 Å². The molecule has 0 aromatic heterocycles. The fraction of sp³-hybridized carbons (Fsp3) is 0.364. The molecule has 1 aromatic rings. The molecule has 90 valence electrons. The fourth-order valence-electron chi connectivity index (χ4n) is 1.17. The van der Waals surface area contributed by atoms with E-state index in [1.54, 1.807) is 19.2 Å². The molecule has 2 N–H and O–H groups in total. The molecule has 0 radical (unpaired) electrons. The molecule has 0 unspecified atom stereocenters. The summed E-state index contributed by atoms with van der Waals surface area (Å²) in [5.74, 6) is -0.314. The van der Waals surface area contributed by atoms with Crippen LogP contribution in [-0.4, -0.2) is 19.5 Å². The molecule has 1 aromatic carbocycles. The lowest BCUT2D eigenvalue weighted by Crippen LogP contribution is -2.26. The van der Waals surface area contributed by atoms with Gasteiger partial charge in [0.1, 0.15) is 5.82 Å². The molecule has 0 saturated carbocycles. The van der Waals surface area contributed by atoms with Crippen LogP contribution in [0.15, 0.2) is 24.3 Å². The van der Waals surface area contributed by atoms with Crippen LogP contribution >= 0.6 is 12.4 Å². The predicted molar refractivity (Wildman–Crippen MR) is 64.0 cm³/mol. The first-order valence-electron chi connectivity index (χ1n) is 4.88. The number of halogens is 2. The molecule has 0 aliphatic rings. The number of carbonyl (C=O) groups excluding carboxylic acids is 1. The second-order valence-electron chi connectivity index (χ2n) is 3.26. The van der Waals surface area contributed by atoms with Gasteiger partial charge in [-0.25, -0.2) is 4.39 Å². The van der Waals surface area contributed by atoms with E-state index < -0.39 is 0 Å². The molecule has 1 amide bonds. The Morgan fingerprint density at radius 3 is 2.81 bits per heavy atom. The maximum absolute atomic E-state index is 12.8. The Kier molecular flexibility index (Phi) is 7.50. The summed E-state index contributed by atoms with van der Waals surface area (Å²) in [5.41, 5.74) is 0.771. The molecule has 0 heterocycles. The maximum Gasteiger partial charge on any atom is 0.221 e. The molecule has 16 heavy (non-hydrogen) atoms. The van der Waals surface area contributed by atoms with Gasteiger partial charge in [-0.05, 0) is 24.7 Å². The first-order chi connectivity index (χ1) is 7.22. The smallest absolute Gasteiger partial charge is 0.221 e. The minimum absolute atomic E-state index is 0. The van der Waals surface area contributed by atoms with E-state index in [2.05, 4.69) is 10.6 Å². The van der Waals surface area contributed by atoms with Crippen LogP contribution in [0.2, 0.25) is 0 Å². The largest absolute Gasteiger partial charge is 0.352 e. The number of hydrogen-bond donors (Lipinski definition) is 2. The van der Waals surface area contributed by atoms with Gasteiger partial charge in [0.2, 0.25) is 5.91 Å². The summed E-state index contributed by atoms with van der Waals surface area (Å²) in [7, 11) is 1.79. The lowest BCUT2D eigenvalue weighted by Gasteiger charge is -2.04. The Morgan fingerprint density at radius 2 is 2.19 bits per heavy atom. The van der Waals surface area contributed by atoms with Crippen molar-refractivity contribution >= 4 is 18.3 Å². The Balaban J connectivity index is 0.00000225. The Labute approximate surface area is 101 Å². The second-order valence-corrected chi connectivity index (χ2v) is 3.26. The van der Waals surface area contributed by atoms with Crippen molar-refractivity contribution in [1.82, 2.24) is 10.6 Å². The maximum atomic E-state index is 12.8. The molecule has 0 aliphatic heterocycles. The molecule has 0 aliphatic carbocycles. The van der Waals surface area contributed by atoms with Gasteiger partial charge in [0, 0.05) is 19.5 Å². The monoisotopic (exact) mass is 246 g/mol. The zero-order valence-electron chi connectivity index (χ0n) is 9.13. The van der Waals surface area contributed by atoms with E-state index in [9.17, 15) is 9.18 Å². The van der Waals surface area contributed by atoms with Gasteiger partial charge >= 0.3 is 0 Å². The average Bonchev–Trinajstić information content (AvgIpc) is 2.23. The second kappa shape index (κ2) is 8.07. The van der Waals surface area contributed by atoms with Crippen molar-refractivity contribution < 1.29 is 9.18 Å². The van der Waals surface area contributed by atoms with Gasteiger partial charge in [0.05, 0.1) is 0 Å². The standard InChI is InChI=1S/C11H15FN2O.ClH/c1-13-6-5-11(15)14-8-9-3-2-4-10(12)7-9;/h2-4,7,13H,5-6,8H2,1H3,(H,14,15);1H. The lowest BCUT2D eigenvalue weighted by atomic mass is 10.2. The van der Waals surface area contributed by atoms with Crippen LogP contribution in [-0.2, 0) is 11.3 Å². The van der Waals surface area contributed by atoms with Gasteiger partial charge in [0.25, 0.3) is 0 Å². The molecule has 1 rings (SSSR count). The van der Waals surface area contributed by atoms with Crippen LogP contribution in [0, 0.1) is 5.82 Å². The number of nitrogens with one attached hydrogen (secondary N) is 2. The van der Waals surface area contributed by atoms with Crippen molar-refractivity contribution in [2.45, 2.75) is 13.0 Å². The van der Waals surface area contributed by atoms with E-state index in [1.165, 1.54) is 12.1 Å². The van der Waals surface area contributed by atoms with E-state index in [0.717, 1.165) is 5.56 Å². The average molecular weight is 247 g/mol. The van der Waals surface area contributed by atoms with E-state index in [1.807, 2.05) is 0 Å². The van der Waals surface area contributed by atoms with E-state index in [4.69, 9.17) is 0 Å². The predicted octanol–water partition coefficient (Wildman–Crippen LogP) is 1.47. The zero-order chi connectivity index (χ0) is 11.1. The van der Waals surface area contributed by atoms with Crippen LogP contribution in [0.3, 0.4) is 0 Å². The normalized spacial score (nSPS) is 9.38. The van der Waals surface area contributed by atoms with Crippen molar-refractivity contribution in [2.24, 2.45) is 0 Å². The third-order valence-corrected chi connectivity index (χ3v) is 1.98. The van der Waals surface area contributed by atoms with Crippen LogP contribution in [0.4, 0.5) is 4.39 Å². The van der Waals surface area contributed by atoms with E-state index in [-0.39, 0.29) is 24.1 Å². The van der Waals surface area contributed by atoms with Crippen LogP contribution in [0.25, 0.3) is 0 Å². The van der Waals surface area contributed by atoms with Gasteiger partial charge in [-0.3, -0.25) is 4.79 Å². The molecular formula is C11H16ClFN2O. The first-order valence-corrected chi connectivity index (χ1v) is 4.88. The van der Waals surface area contributed by atoms with E-state index >= 15 is 0 Å². The number of benzene rings is 1. The molecule has 0 bridgehead atoms. The molecular weight excluding hydrogens is 231 g/mol. The zero-order valence-corrected chi connectivity index (χ0v) is 9.94. The highest BCUT2D eigenvalue weighted by molar-refractivity contribution is 5.85. The highest BCUT2D eigenvalue weighted by Crippen LogP contribution is 2.02. The summed E-state index contributed by atoms with van der Waals surface area (Å²) >= 11 is 0. The highest BCUT2D eigenvalue weighted by atomic mass is 35.5. The van der Waals surface area contributed by atoms with Gasteiger partial charge in [-0.2, -0.15) is 0 Å². The molecule has 0 fully saturated rings. The topological polar surface area (TPSA) is 41.1 Å². The van der Waals surface area contributed by atoms with Gasteiger partial charge < -0.3 is 10.6 Å². The SMILES string of the molecule is CNCCC(=O)NCc1cccc(F)c1.Cl. The molecule has 0 spiro atoms. The van der Waals surface area contributed by atoms with Crippen molar-refractivity contribution in [3.8, 4) is 0 Å². The number of rotatable bonds is 5. The molecule has 0 atom stereocenters. The molecule has 0 saturated heterocycles. The number of carbonyl (C=O) groups is 1. The summed E-state index contributed by atoms with van der Waals surface area (Å²) in [6, 6.07) is 6.20. The summed E-state index contributed by atoms with van der Waals surface area (Å²) < 4.78 is 12.8. The Bertz CT molecular complexity index is 334. The third-order valence-electron chi connectivity index (χ3n) is 1.98. The number of amides is 1. The Hall–Kier alpha value is -1.13. The fourth-order valence-corrected chi connectivity index (χ4v) is 1.17. The van der Waals surface area contributed by atoms with E-state index in [0.29, 0.717) is 19.5 Å². The van der Waals surface area contributed by atoms with Crippen molar-refractivity contribution in [1.29, 1.82) is 0 Å². The highest BCUT2D eigenvalue weighted by Gasteiger charge is 2.00. The minimum atomic E-state index is -0.281. The summed E-state index contributed by atoms with van der Waals surface area (Å²) in [6.45, 7) is 1.02. The van der Waals surface area contributed by atoms with Crippen LogP contribution in [0.1, 0.15) is 12.0 Å². The summed E-state index contributed by atoms with van der Waals surface area (Å²) in [4.78, 5) is 11.2. The van der Waals surface area contributed by atoms with Crippen molar-refractivity contribution in [2.75, 3.05) is 13.6 Å². The quantitative estimate of drug-likeness (QED) is 0.826. The van der Waals surface area contributed by atoms with Crippen LogP contribution < -0.4 is 10.6 Å². The summed E-state index contributed by atoms with van der Waals surface area (Å²) in [5, 5.41) is 5.60. The van der Waals surface area contributed by atoms with Gasteiger partial charge in [0.15, 0.2) is 0 Å².